The smallest absolute Gasteiger partial charge is 0.166 e. The van der Waals surface area contributed by atoms with E-state index in [1.165, 1.54) is 6.42 Å². The third-order valence-electron chi connectivity index (χ3n) is 3.48. The molecule has 0 aromatic carbocycles. The molecule has 0 fully saturated rings. The molecule has 2 atom stereocenters. The van der Waals surface area contributed by atoms with Gasteiger partial charge in [-0.1, -0.05) is 31.8 Å². The minimum atomic E-state index is -1.19. The third-order valence-corrected chi connectivity index (χ3v) is 6.35. The molecule has 0 N–H and O–H groups in total. The van der Waals surface area contributed by atoms with Crippen LogP contribution in [-0.4, -0.2) is 37.5 Å². The van der Waals surface area contributed by atoms with E-state index in [9.17, 15) is 0 Å². The second kappa shape index (κ2) is 6.11. The quantitative estimate of drug-likeness (QED) is 0.441. The lowest BCUT2D eigenvalue weighted by molar-refractivity contribution is 0.305. The van der Waals surface area contributed by atoms with Gasteiger partial charge in [-0.2, -0.15) is 0 Å². The van der Waals surface area contributed by atoms with Gasteiger partial charge in [0.2, 0.25) is 0 Å². The van der Waals surface area contributed by atoms with E-state index < -0.39 is 8.24 Å². The van der Waals surface area contributed by atoms with Gasteiger partial charge in [0.05, 0.1) is 6.61 Å². The molecule has 2 nitrogen and oxygen atoms in total. The third kappa shape index (κ3) is 4.19. The number of thiocarbonyl (C=S) groups is 1. The summed E-state index contributed by atoms with van der Waals surface area (Å²) in [6, 6.07) is 0.586. The zero-order chi connectivity index (χ0) is 13.1. The number of ether oxygens (including phenoxy) is 1. The van der Waals surface area contributed by atoms with Crippen molar-refractivity contribution in [3.63, 3.8) is 0 Å². The zero-order valence-electron chi connectivity index (χ0n) is 11.7. The Hall–Kier alpha value is -0.193. The molecule has 1 rings (SSSR count). The molecular weight excluding hydrogens is 246 g/mol. The highest BCUT2D eigenvalue weighted by atomic mass is 32.1. The molecule has 0 heterocycles. The Kier molecular flexibility index (Phi) is 5.35. The van der Waals surface area contributed by atoms with Crippen LogP contribution in [0.15, 0.2) is 12.2 Å². The summed E-state index contributed by atoms with van der Waals surface area (Å²) in [5, 5.41) is 0.762. The number of hydrogen-bond donors (Lipinski definition) is 0. The highest BCUT2D eigenvalue weighted by Crippen LogP contribution is 2.25. The van der Waals surface area contributed by atoms with Crippen molar-refractivity contribution >= 4 is 25.5 Å². The Bertz CT molecular complexity index is 298. The Labute approximate surface area is 112 Å². The van der Waals surface area contributed by atoms with Crippen molar-refractivity contribution in [3.8, 4) is 0 Å². The van der Waals surface area contributed by atoms with Crippen molar-refractivity contribution in [3.05, 3.63) is 12.2 Å². The molecule has 0 aliphatic heterocycles. The minimum absolute atomic E-state index is 0.344. The number of rotatable bonds is 4. The molecule has 0 aromatic rings. The van der Waals surface area contributed by atoms with Crippen LogP contribution in [-0.2, 0) is 4.74 Å². The maximum absolute atomic E-state index is 5.42. The highest BCUT2D eigenvalue weighted by Gasteiger charge is 2.28. The molecule has 4 heteroatoms. The summed E-state index contributed by atoms with van der Waals surface area (Å²) in [7, 11) is 1.06. The monoisotopic (exact) mass is 271 g/mol. The van der Waals surface area contributed by atoms with Gasteiger partial charge >= 0.3 is 0 Å². The summed E-state index contributed by atoms with van der Waals surface area (Å²) in [5.41, 5.74) is 0. The van der Waals surface area contributed by atoms with E-state index in [-0.39, 0.29) is 0 Å². The van der Waals surface area contributed by atoms with Crippen molar-refractivity contribution in [2.75, 3.05) is 13.7 Å². The Morgan fingerprint density at radius 1 is 1.35 bits per heavy atom. The lowest BCUT2D eigenvalue weighted by atomic mass is 9.93. The van der Waals surface area contributed by atoms with Crippen molar-refractivity contribution in [1.29, 1.82) is 0 Å². The molecule has 0 bridgehead atoms. The van der Waals surface area contributed by atoms with Gasteiger partial charge in [0.25, 0.3) is 0 Å². The average molecular weight is 272 g/mol. The van der Waals surface area contributed by atoms with E-state index in [4.69, 9.17) is 17.0 Å². The van der Waals surface area contributed by atoms with Crippen LogP contribution in [0, 0.1) is 5.92 Å². The van der Waals surface area contributed by atoms with E-state index in [2.05, 4.69) is 43.4 Å². The van der Waals surface area contributed by atoms with Crippen LogP contribution < -0.4 is 0 Å². The summed E-state index contributed by atoms with van der Waals surface area (Å²) < 4.78 is 7.98. The lowest BCUT2D eigenvalue weighted by Gasteiger charge is -2.38. The van der Waals surface area contributed by atoms with Crippen LogP contribution in [0.3, 0.4) is 0 Å². The standard InChI is InChI=1S/C13H25NOSSi/c1-6-15-13(16)11-7-9-12(10-8-11)14(2)17(3,4)5/h7,9,11-12H,6,8,10H2,1-5H3. The number of nitrogens with zero attached hydrogens (tertiary/aromatic N) is 1. The van der Waals surface area contributed by atoms with Gasteiger partial charge in [0.1, 0.15) is 8.24 Å². The second-order valence-electron chi connectivity index (χ2n) is 5.67. The summed E-state index contributed by atoms with van der Waals surface area (Å²) in [4.78, 5) is 0. The Balaban J connectivity index is 2.58. The molecule has 17 heavy (non-hydrogen) atoms. The van der Waals surface area contributed by atoms with E-state index in [0.29, 0.717) is 18.6 Å². The molecule has 2 unspecified atom stereocenters. The first-order valence-electron chi connectivity index (χ1n) is 6.44. The van der Waals surface area contributed by atoms with E-state index >= 15 is 0 Å². The van der Waals surface area contributed by atoms with Crippen LogP contribution in [0.4, 0.5) is 0 Å². The van der Waals surface area contributed by atoms with E-state index in [1.807, 2.05) is 6.92 Å². The van der Waals surface area contributed by atoms with Crippen molar-refractivity contribution < 1.29 is 4.74 Å². The SMILES string of the molecule is CCOC(=S)C1C=CC(N(C)[Si](C)(C)C)CC1. The largest absolute Gasteiger partial charge is 0.487 e. The minimum Gasteiger partial charge on any atom is -0.487 e. The summed E-state index contributed by atoms with van der Waals surface area (Å²) in [6.45, 7) is 9.83. The first-order chi connectivity index (χ1) is 7.86. The Morgan fingerprint density at radius 3 is 2.41 bits per heavy atom. The fourth-order valence-electron chi connectivity index (χ4n) is 2.07. The van der Waals surface area contributed by atoms with Gasteiger partial charge in [0.15, 0.2) is 5.05 Å². The van der Waals surface area contributed by atoms with Crippen molar-refractivity contribution in [1.82, 2.24) is 4.57 Å². The Morgan fingerprint density at radius 2 is 2.00 bits per heavy atom. The normalized spacial score (nSPS) is 25.1. The zero-order valence-corrected chi connectivity index (χ0v) is 13.5. The first kappa shape index (κ1) is 14.9. The van der Waals surface area contributed by atoms with Gasteiger partial charge in [0, 0.05) is 12.0 Å². The highest BCUT2D eigenvalue weighted by molar-refractivity contribution is 7.80. The van der Waals surface area contributed by atoms with Crippen molar-refractivity contribution in [2.24, 2.45) is 5.92 Å². The van der Waals surface area contributed by atoms with Gasteiger partial charge < -0.3 is 9.30 Å². The summed E-state index contributed by atoms with van der Waals surface area (Å²) in [6.07, 6.45) is 6.87. The molecule has 0 saturated carbocycles. The molecule has 1 aliphatic rings. The topological polar surface area (TPSA) is 12.5 Å². The molecule has 98 valence electrons. The number of likely N-dealkylation sites (N-methyl/N-ethyl adjacent to an activating group) is 1. The molecule has 1 aliphatic carbocycles. The molecular formula is C13H25NOSSi. The molecule has 0 radical (unpaired) electrons. The van der Waals surface area contributed by atoms with E-state index in [1.54, 1.807) is 0 Å². The maximum atomic E-state index is 5.42. The molecule has 0 saturated heterocycles. The van der Waals surface area contributed by atoms with Crippen LogP contribution in [0.2, 0.25) is 19.6 Å². The second-order valence-corrected chi connectivity index (χ2v) is 11.1. The fourth-order valence-corrected chi connectivity index (χ4v) is 3.60. The molecule has 0 aromatic heterocycles. The van der Waals surface area contributed by atoms with Crippen LogP contribution in [0.5, 0.6) is 0 Å². The van der Waals surface area contributed by atoms with Crippen molar-refractivity contribution in [2.45, 2.75) is 45.4 Å². The number of hydrogen-bond acceptors (Lipinski definition) is 3. The van der Waals surface area contributed by atoms with Gasteiger partial charge in [-0.15, -0.1) is 0 Å². The van der Waals surface area contributed by atoms with Crippen LogP contribution in [0.25, 0.3) is 0 Å². The predicted octanol–water partition coefficient (Wildman–Crippen LogP) is 3.45. The fraction of sp³-hybridized carbons (Fsp3) is 0.769. The van der Waals surface area contributed by atoms with Crippen LogP contribution >= 0.6 is 12.2 Å². The maximum Gasteiger partial charge on any atom is 0.166 e. The average Bonchev–Trinajstić information content (AvgIpc) is 2.27. The summed E-state index contributed by atoms with van der Waals surface area (Å²) in [5.74, 6) is 0.344. The molecule has 0 spiro atoms. The van der Waals surface area contributed by atoms with Crippen LogP contribution in [0.1, 0.15) is 19.8 Å². The summed E-state index contributed by atoms with van der Waals surface area (Å²) >= 11 is 5.27. The lowest BCUT2D eigenvalue weighted by Crippen LogP contribution is -2.49. The van der Waals surface area contributed by atoms with Gasteiger partial charge in [-0.25, -0.2) is 0 Å². The van der Waals surface area contributed by atoms with Gasteiger partial charge in [-0.05, 0) is 39.0 Å². The van der Waals surface area contributed by atoms with E-state index in [0.717, 1.165) is 11.5 Å². The first-order valence-corrected chi connectivity index (χ1v) is 10.3. The predicted molar refractivity (Wildman–Crippen MR) is 81.0 cm³/mol. The molecule has 0 amide bonds. The van der Waals surface area contributed by atoms with Gasteiger partial charge in [-0.3, -0.25) is 0 Å².